The van der Waals surface area contributed by atoms with Crippen LogP contribution in [0.15, 0.2) is 152 Å². The highest BCUT2D eigenvalue weighted by atomic mass is 15.1. The van der Waals surface area contributed by atoms with Gasteiger partial charge in [-0.05, 0) is 83.3 Å². The molecular formula is C40H34N2. The van der Waals surface area contributed by atoms with E-state index >= 15 is 0 Å². The minimum atomic E-state index is 0.0610. The third-order valence-electron chi connectivity index (χ3n) is 8.13. The van der Waals surface area contributed by atoms with Crippen molar-refractivity contribution in [2.75, 3.05) is 4.90 Å². The lowest BCUT2D eigenvalue weighted by atomic mass is 9.86. The molecule has 0 spiro atoms. The molecule has 6 aromatic carbocycles. The molecule has 0 radical (unpaired) electrons. The van der Waals surface area contributed by atoms with Crippen molar-refractivity contribution in [3.63, 3.8) is 0 Å². The molecule has 0 atom stereocenters. The van der Waals surface area contributed by atoms with E-state index in [0.717, 1.165) is 17.1 Å². The zero-order chi connectivity index (χ0) is 28.7. The molecule has 0 fully saturated rings. The van der Waals surface area contributed by atoms with Crippen molar-refractivity contribution in [3.8, 4) is 16.8 Å². The van der Waals surface area contributed by atoms with E-state index in [-0.39, 0.29) is 5.41 Å². The Bertz CT molecular complexity index is 1960. The smallest absolute Gasteiger partial charge is 0.0541 e. The van der Waals surface area contributed by atoms with Gasteiger partial charge in [0.15, 0.2) is 0 Å². The maximum absolute atomic E-state index is 2.40. The molecule has 0 saturated heterocycles. The van der Waals surface area contributed by atoms with Crippen LogP contribution >= 0.6 is 0 Å². The number of anilines is 3. The van der Waals surface area contributed by atoms with Crippen LogP contribution in [0.5, 0.6) is 0 Å². The van der Waals surface area contributed by atoms with Gasteiger partial charge in [-0.25, -0.2) is 0 Å². The molecule has 0 saturated carbocycles. The Morgan fingerprint density at radius 3 is 1.64 bits per heavy atom. The normalized spacial score (nSPS) is 11.7. The summed E-state index contributed by atoms with van der Waals surface area (Å²) in [6.45, 7) is 6.86. The Morgan fingerprint density at radius 2 is 1.02 bits per heavy atom. The topological polar surface area (TPSA) is 8.17 Å². The molecule has 1 aromatic heterocycles. The largest absolute Gasteiger partial charge is 0.310 e. The minimum Gasteiger partial charge on any atom is -0.310 e. The number of benzene rings is 6. The average molecular weight is 543 g/mol. The molecule has 0 unspecified atom stereocenters. The molecule has 0 aliphatic carbocycles. The summed E-state index contributed by atoms with van der Waals surface area (Å²) in [6, 6.07) is 54.6. The van der Waals surface area contributed by atoms with E-state index in [0.29, 0.717) is 0 Å². The van der Waals surface area contributed by atoms with Gasteiger partial charge in [0.05, 0.1) is 16.7 Å². The van der Waals surface area contributed by atoms with Crippen LogP contribution in [0.4, 0.5) is 17.1 Å². The molecule has 0 bridgehead atoms. The first-order valence-corrected chi connectivity index (χ1v) is 14.6. The molecule has 2 heteroatoms. The Morgan fingerprint density at radius 1 is 0.500 bits per heavy atom. The van der Waals surface area contributed by atoms with Gasteiger partial charge in [-0.3, -0.25) is 0 Å². The highest BCUT2D eigenvalue weighted by Crippen LogP contribution is 2.43. The molecule has 0 N–H and O–H groups in total. The zero-order valence-corrected chi connectivity index (χ0v) is 24.3. The van der Waals surface area contributed by atoms with Gasteiger partial charge in [-0.1, -0.05) is 106 Å². The number of hydrogen-bond acceptors (Lipinski definition) is 1. The minimum absolute atomic E-state index is 0.0610. The van der Waals surface area contributed by atoms with Gasteiger partial charge >= 0.3 is 0 Å². The number of fused-ring (bicyclic) bond motifs is 3. The van der Waals surface area contributed by atoms with Crippen molar-refractivity contribution in [3.05, 3.63) is 157 Å². The summed E-state index contributed by atoms with van der Waals surface area (Å²) in [5.41, 5.74) is 10.8. The monoisotopic (exact) mass is 542 g/mol. The highest BCUT2D eigenvalue weighted by molar-refractivity contribution is 6.11. The van der Waals surface area contributed by atoms with Gasteiger partial charge in [-0.2, -0.15) is 0 Å². The van der Waals surface area contributed by atoms with Crippen molar-refractivity contribution < 1.29 is 0 Å². The lowest BCUT2D eigenvalue weighted by Gasteiger charge is -2.27. The number of rotatable bonds is 5. The van der Waals surface area contributed by atoms with E-state index in [2.05, 4.69) is 182 Å². The van der Waals surface area contributed by atoms with Gasteiger partial charge in [0.25, 0.3) is 0 Å². The van der Waals surface area contributed by atoms with Gasteiger partial charge in [-0.15, -0.1) is 0 Å². The zero-order valence-electron chi connectivity index (χ0n) is 24.3. The highest BCUT2D eigenvalue weighted by Gasteiger charge is 2.20. The van der Waals surface area contributed by atoms with Crippen molar-refractivity contribution in [2.24, 2.45) is 0 Å². The molecule has 0 amide bonds. The van der Waals surface area contributed by atoms with Crippen LogP contribution < -0.4 is 4.90 Å². The van der Waals surface area contributed by atoms with Gasteiger partial charge in [0.2, 0.25) is 0 Å². The van der Waals surface area contributed by atoms with Crippen molar-refractivity contribution in [2.45, 2.75) is 26.2 Å². The van der Waals surface area contributed by atoms with Crippen LogP contribution in [0, 0.1) is 0 Å². The average Bonchev–Trinajstić information content (AvgIpc) is 3.36. The first-order valence-electron chi connectivity index (χ1n) is 14.6. The van der Waals surface area contributed by atoms with Crippen LogP contribution in [0.2, 0.25) is 0 Å². The summed E-state index contributed by atoms with van der Waals surface area (Å²) in [4.78, 5) is 2.35. The lowest BCUT2D eigenvalue weighted by molar-refractivity contribution is 0.591. The molecule has 7 rings (SSSR count). The standard InChI is InChI=1S/C40H34N2/c1-40(2,3)30-24-26-39-36(28-30)35-27-29(23-25-38(35)42(39)33-19-11-6-12-20-33)34-21-13-14-22-37(34)41(31-15-7-4-8-16-31)32-17-9-5-10-18-32/h4-28H,1-3H3. The third kappa shape index (κ3) is 4.55. The molecule has 42 heavy (non-hydrogen) atoms. The first kappa shape index (κ1) is 25.9. The summed E-state index contributed by atoms with van der Waals surface area (Å²) in [5, 5.41) is 2.54. The first-order chi connectivity index (χ1) is 20.5. The second-order valence-corrected chi connectivity index (χ2v) is 11.9. The fraction of sp³-hybridized carbons (Fsp3) is 0.100. The molecular weight excluding hydrogens is 508 g/mol. The molecule has 204 valence electrons. The second kappa shape index (κ2) is 10.4. The SMILES string of the molecule is CC(C)(C)c1ccc2c(c1)c1cc(-c3ccccc3N(c3ccccc3)c3ccccc3)ccc1n2-c1ccccc1. The number of nitrogens with zero attached hydrogens (tertiary/aromatic N) is 2. The second-order valence-electron chi connectivity index (χ2n) is 11.9. The van der Waals surface area contributed by atoms with Gasteiger partial charge < -0.3 is 9.47 Å². The summed E-state index contributed by atoms with van der Waals surface area (Å²) in [6.07, 6.45) is 0. The summed E-state index contributed by atoms with van der Waals surface area (Å²) >= 11 is 0. The maximum atomic E-state index is 2.40. The summed E-state index contributed by atoms with van der Waals surface area (Å²) in [7, 11) is 0. The molecule has 7 aromatic rings. The quantitative estimate of drug-likeness (QED) is 0.210. The van der Waals surface area contributed by atoms with Crippen molar-refractivity contribution in [1.82, 2.24) is 4.57 Å². The fourth-order valence-corrected chi connectivity index (χ4v) is 6.01. The van der Waals surface area contributed by atoms with E-state index in [1.165, 1.54) is 44.2 Å². The van der Waals surface area contributed by atoms with E-state index in [9.17, 15) is 0 Å². The summed E-state index contributed by atoms with van der Waals surface area (Å²) in [5.74, 6) is 0. The van der Waals surface area contributed by atoms with Crippen LogP contribution in [0.1, 0.15) is 26.3 Å². The fourth-order valence-electron chi connectivity index (χ4n) is 6.01. The Labute approximate surface area is 248 Å². The van der Waals surface area contributed by atoms with E-state index in [4.69, 9.17) is 0 Å². The Kier molecular flexibility index (Phi) is 6.40. The van der Waals surface area contributed by atoms with E-state index in [1.807, 2.05) is 0 Å². The van der Waals surface area contributed by atoms with E-state index < -0.39 is 0 Å². The Hall–Kier alpha value is -5.08. The van der Waals surface area contributed by atoms with Crippen LogP contribution in [0.3, 0.4) is 0 Å². The summed E-state index contributed by atoms with van der Waals surface area (Å²) < 4.78 is 2.40. The molecule has 1 heterocycles. The number of para-hydroxylation sites is 4. The van der Waals surface area contributed by atoms with Crippen LogP contribution in [-0.2, 0) is 5.41 Å². The maximum Gasteiger partial charge on any atom is 0.0541 e. The van der Waals surface area contributed by atoms with Crippen LogP contribution in [-0.4, -0.2) is 4.57 Å². The van der Waals surface area contributed by atoms with E-state index in [1.54, 1.807) is 0 Å². The lowest BCUT2D eigenvalue weighted by Crippen LogP contribution is -2.10. The van der Waals surface area contributed by atoms with Crippen molar-refractivity contribution >= 4 is 38.9 Å². The van der Waals surface area contributed by atoms with Crippen LogP contribution in [0.25, 0.3) is 38.6 Å². The number of aromatic nitrogens is 1. The molecule has 0 aliphatic heterocycles. The third-order valence-corrected chi connectivity index (χ3v) is 8.13. The predicted octanol–water partition coefficient (Wildman–Crippen LogP) is 11.2. The Balaban J connectivity index is 1.48. The predicted molar refractivity (Wildman–Crippen MR) is 180 cm³/mol. The molecule has 2 nitrogen and oxygen atoms in total. The molecule has 0 aliphatic rings. The van der Waals surface area contributed by atoms with Gasteiger partial charge in [0.1, 0.15) is 0 Å². The van der Waals surface area contributed by atoms with Gasteiger partial charge in [0, 0.05) is 33.4 Å². The van der Waals surface area contributed by atoms with Crippen molar-refractivity contribution in [1.29, 1.82) is 0 Å². The number of hydrogen-bond donors (Lipinski definition) is 0.